The molecule has 0 bridgehead atoms. The summed E-state index contributed by atoms with van der Waals surface area (Å²) in [5.41, 5.74) is 3.60. The molecule has 0 radical (unpaired) electrons. The molecular formula is C20H28BN3O2. The number of nitrogens with zero attached hydrogens (tertiary/aromatic N) is 3. The Labute approximate surface area is 156 Å². The smallest absolute Gasteiger partial charge is 0.399 e. The van der Waals surface area contributed by atoms with Gasteiger partial charge in [-0.1, -0.05) is 6.07 Å². The van der Waals surface area contributed by atoms with Gasteiger partial charge in [0.1, 0.15) is 5.82 Å². The van der Waals surface area contributed by atoms with Gasteiger partial charge in [0.2, 0.25) is 0 Å². The van der Waals surface area contributed by atoms with Crippen LogP contribution in [0.2, 0.25) is 0 Å². The zero-order valence-corrected chi connectivity index (χ0v) is 16.8. The summed E-state index contributed by atoms with van der Waals surface area (Å²) < 4.78 is 12.3. The van der Waals surface area contributed by atoms with Gasteiger partial charge in [0, 0.05) is 44.1 Å². The topological polar surface area (TPSA) is 47.5 Å². The van der Waals surface area contributed by atoms with E-state index >= 15 is 0 Å². The van der Waals surface area contributed by atoms with E-state index in [9.17, 15) is 0 Å². The SMILES string of the molecule is Cc1cc(Cc2ccc(N(C)C)nc2)ncc1B1OC(C)(C)C(C)(C)O1. The predicted molar refractivity (Wildman–Crippen MR) is 106 cm³/mol. The van der Waals surface area contributed by atoms with E-state index in [1.165, 1.54) is 0 Å². The standard InChI is InChI=1S/C20H28BN3O2/c1-14-10-16(11-15-8-9-18(23-12-15)24(6)7)22-13-17(14)21-25-19(2,3)20(4,5)26-21/h8-10,12-13H,11H2,1-7H3. The number of anilines is 1. The monoisotopic (exact) mass is 353 g/mol. The van der Waals surface area contributed by atoms with Crippen LogP contribution in [0.15, 0.2) is 30.6 Å². The van der Waals surface area contributed by atoms with Gasteiger partial charge in [0.15, 0.2) is 0 Å². The molecule has 0 N–H and O–H groups in total. The van der Waals surface area contributed by atoms with Crippen LogP contribution in [0.4, 0.5) is 5.82 Å². The van der Waals surface area contributed by atoms with E-state index in [1.54, 1.807) is 0 Å². The fourth-order valence-corrected chi connectivity index (χ4v) is 2.93. The molecule has 6 heteroatoms. The van der Waals surface area contributed by atoms with Crippen molar-refractivity contribution in [3.8, 4) is 0 Å². The predicted octanol–water partition coefficient (Wildman–Crippen LogP) is 2.74. The molecule has 0 saturated carbocycles. The van der Waals surface area contributed by atoms with Crippen LogP contribution in [0.25, 0.3) is 0 Å². The second kappa shape index (κ2) is 6.67. The van der Waals surface area contributed by atoms with E-state index in [4.69, 9.17) is 9.31 Å². The van der Waals surface area contributed by atoms with E-state index in [0.29, 0.717) is 0 Å². The molecule has 0 atom stereocenters. The molecule has 3 rings (SSSR count). The van der Waals surface area contributed by atoms with Crippen molar-refractivity contribution in [1.29, 1.82) is 0 Å². The number of hydrogen-bond acceptors (Lipinski definition) is 5. The van der Waals surface area contributed by atoms with Crippen molar-refractivity contribution < 1.29 is 9.31 Å². The molecule has 0 aliphatic carbocycles. The number of hydrogen-bond donors (Lipinski definition) is 0. The maximum Gasteiger partial charge on any atom is 0.496 e. The van der Waals surface area contributed by atoms with E-state index in [2.05, 4.69) is 56.7 Å². The van der Waals surface area contributed by atoms with E-state index in [0.717, 1.165) is 34.5 Å². The Kier molecular flexibility index (Phi) is 4.84. The van der Waals surface area contributed by atoms with Crippen LogP contribution in [0.1, 0.15) is 44.5 Å². The van der Waals surface area contributed by atoms with Crippen LogP contribution < -0.4 is 10.4 Å². The molecule has 3 heterocycles. The lowest BCUT2D eigenvalue weighted by Crippen LogP contribution is -2.41. The molecule has 0 amide bonds. The van der Waals surface area contributed by atoms with Crippen molar-refractivity contribution in [2.45, 2.75) is 52.2 Å². The fraction of sp³-hybridized carbons (Fsp3) is 0.500. The van der Waals surface area contributed by atoms with Crippen LogP contribution in [0.5, 0.6) is 0 Å². The third-order valence-electron chi connectivity index (χ3n) is 5.37. The lowest BCUT2D eigenvalue weighted by atomic mass is 9.77. The number of pyridine rings is 2. The summed E-state index contributed by atoms with van der Waals surface area (Å²) in [4.78, 5) is 11.1. The van der Waals surface area contributed by atoms with Gasteiger partial charge in [0.05, 0.1) is 11.2 Å². The van der Waals surface area contributed by atoms with E-state index in [1.807, 2.05) is 37.5 Å². The molecule has 0 unspecified atom stereocenters. The first-order valence-corrected chi connectivity index (χ1v) is 9.02. The minimum atomic E-state index is -0.373. The lowest BCUT2D eigenvalue weighted by Gasteiger charge is -2.32. The Balaban J connectivity index is 1.76. The molecule has 1 fully saturated rings. The lowest BCUT2D eigenvalue weighted by molar-refractivity contribution is 0.00578. The zero-order chi connectivity index (χ0) is 19.1. The summed E-state index contributed by atoms with van der Waals surface area (Å²) in [6, 6.07) is 6.24. The summed E-state index contributed by atoms with van der Waals surface area (Å²) in [7, 11) is 3.60. The highest BCUT2D eigenvalue weighted by atomic mass is 16.7. The van der Waals surface area contributed by atoms with Crippen LogP contribution in [0.3, 0.4) is 0 Å². The first kappa shape index (κ1) is 18.9. The summed E-state index contributed by atoms with van der Waals surface area (Å²) in [6.07, 6.45) is 4.55. The number of aryl methyl sites for hydroxylation is 1. The quantitative estimate of drug-likeness (QED) is 0.791. The molecule has 0 spiro atoms. The molecule has 2 aromatic heterocycles. The second-order valence-corrected chi connectivity index (χ2v) is 8.22. The maximum atomic E-state index is 6.15. The highest BCUT2D eigenvalue weighted by molar-refractivity contribution is 6.62. The first-order valence-electron chi connectivity index (χ1n) is 9.02. The van der Waals surface area contributed by atoms with Gasteiger partial charge in [-0.05, 0) is 57.9 Å². The molecular weight excluding hydrogens is 325 g/mol. The molecule has 26 heavy (non-hydrogen) atoms. The summed E-state index contributed by atoms with van der Waals surface area (Å²) >= 11 is 0. The molecule has 0 aromatic carbocycles. The number of aromatic nitrogens is 2. The van der Waals surface area contributed by atoms with E-state index in [-0.39, 0.29) is 18.3 Å². The zero-order valence-electron chi connectivity index (χ0n) is 16.8. The molecule has 1 aliphatic heterocycles. The van der Waals surface area contributed by atoms with Crippen molar-refractivity contribution in [3.05, 3.63) is 47.4 Å². The molecule has 1 aliphatic rings. The summed E-state index contributed by atoms with van der Waals surface area (Å²) in [6.45, 7) is 10.3. The van der Waals surface area contributed by atoms with Gasteiger partial charge in [-0.15, -0.1) is 0 Å². The Morgan fingerprint density at radius 3 is 2.15 bits per heavy atom. The fourth-order valence-electron chi connectivity index (χ4n) is 2.93. The number of rotatable bonds is 4. The third-order valence-corrected chi connectivity index (χ3v) is 5.37. The van der Waals surface area contributed by atoms with Crippen molar-refractivity contribution in [2.75, 3.05) is 19.0 Å². The van der Waals surface area contributed by atoms with Crippen molar-refractivity contribution in [2.24, 2.45) is 0 Å². The van der Waals surface area contributed by atoms with Crippen LogP contribution in [0, 0.1) is 6.92 Å². The van der Waals surface area contributed by atoms with Gasteiger partial charge in [-0.3, -0.25) is 4.98 Å². The minimum Gasteiger partial charge on any atom is -0.399 e. The average molecular weight is 353 g/mol. The van der Waals surface area contributed by atoms with Crippen molar-refractivity contribution in [1.82, 2.24) is 9.97 Å². The van der Waals surface area contributed by atoms with Crippen LogP contribution in [-0.4, -0.2) is 42.4 Å². The van der Waals surface area contributed by atoms with E-state index < -0.39 is 0 Å². The maximum absolute atomic E-state index is 6.15. The average Bonchev–Trinajstić information content (AvgIpc) is 2.75. The Morgan fingerprint density at radius 2 is 1.65 bits per heavy atom. The summed E-state index contributed by atoms with van der Waals surface area (Å²) in [5, 5.41) is 0. The van der Waals surface area contributed by atoms with Gasteiger partial charge in [-0.2, -0.15) is 0 Å². The first-order chi connectivity index (χ1) is 12.1. The summed E-state index contributed by atoms with van der Waals surface area (Å²) in [5.74, 6) is 0.953. The molecule has 5 nitrogen and oxygen atoms in total. The largest absolute Gasteiger partial charge is 0.496 e. The molecule has 1 saturated heterocycles. The Morgan fingerprint density at radius 1 is 1.00 bits per heavy atom. The molecule has 138 valence electrons. The van der Waals surface area contributed by atoms with Crippen LogP contribution in [-0.2, 0) is 15.7 Å². The normalized spacial score (nSPS) is 18.2. The Bertz CT molecular complexity index is 772. The van der Waals surface area contributed by atoms with Gasteiger partial charge >= 0.3 is 7.12 Å². The second-order valence-electron chi connectivity index (χ2n) is 8.22. The van der Waals surface area contributed by atoms with Gasteiger partial charge < -0.3 is 14.2 Å². The Hall–Kier alpha value is -1.92. The van der Waals surface area contributed by atoms with Crippen LogP contribution >= 0.6 is 0 Å². The van der Waals surface area contributed by atoms with Crippen molar-refractivity contribution >= 4 is 18.4 Å². The van der Waals surface area contributed by atoms with Gasteiger partial charge in [0.25, 0.3) is 0 Å². The highest BCUT2D eigenvalue weighted by Gasteiger charge is 2.52. The third kappa shape index (κ3) is 3.62. The minimum absolute atomic E-state index is 0.345. The van der Waals surface area contributed by atoms with Gasteiger partial charge in [-0.25, -0.2) is 4.98 Å². The highest BCUT2D eigenvalue weighted by Crippen LogP contribution is 2.36. The molecule has 2 aromatic rings. The van der Waals surface area contributed by atoms with Crippen molar-refractivity contribution in [3.63, 3.8) is 0 Å².